The van der Waals surface area contributed by atoms with Gasteiger partial charge in [0.1, 0.15) is 23.3 Å². The molecule has 4 heterocycles. The maximum absolute atomic E-state index is 5.68. The Hall–Kier alpha value is -2.41. The summed E-state index contributed by atoms with van der Waals surface area (Å²) in [5.74, 6) is 3.72. The molecule has 0 bridgehead atoms. The van der Waals surface area contributed by atoms with Crippen LogP contribution < -0.4 is 15.1 Å². The van der Waals surface area contributed by atoms with Gasteiger partial charge >= 0.3 is 0 Å². The molecule has 0 aliphatic carbocycles. The number of rotatable bonds is 5. The fourth-order valence-electron chi connectivity index (χ4n) is 3.53. The second-order valence-corrected chi connectivity index (χ2v) is 6.84. The van der Waals surface area contributed by atoms with Crippen molar-refractivity contribution in [2.24, 2.45) is 0 Å². The summed E-state index contributed by atoms with van der Waals surface area (Å²) in [5.41, 5.74) is 0. The minimum absolute atomic E-state index is 0.302. The molecule has 7 nitrogen and oxygen atoms in total. The van der Waals surface area contributed by atoms with E-state index in [2.05, 4.69) is 42.2 Å². The van der Waals surface area contributed by atoms with Crippen LogP contribution in [0, 0.1) is 6.92 Å². The number of piperazine rings is 1. The Bertz CT molecular complexity index is 711. The lowest BCUT2D eigenvalue weighted by atomic mass is 10.2. The summed E-state index contributed by atoms with van der Waals surface area (Å²) < 4.78 is 5.68. The molecule has 2 saturated heterocycles. The number of anilines is 3. The molecule has 138 valence electrons. The number of hydrogen-bond donors (Lipinski definition) is 1. The highest BCUT2D eigenvalue weighted by Crippen LogP contribution is 2.20. The first-order chi connectivity index (χ1) is 12.8. The van der Waals surface area contributed by atoms with Crippen LogP contribution in [0.2, 0.25) is 0 Å². The van der Waals surface area contributed by atoms with Crippen LogP contribution in [0.3, 0.4) is 0 Å². The van der Waals surface area contributed by atoms with Crippen LogP contribution in [-0.4, -0.2) is 60.4 Å². The van der Waals surface area contributed by atoms with Crippen LogP contribution in [0.15, 0.2) is 30.5 Å². The second kappa shape index (κ2) is 7.86. The van der Waals surface area contributed by atoms with Crippen LogP contribution in [0.4, 0.5) is 17.5 Å². The van der Waals surface area contributed by atoms with Crippen molar-refractivity contribution in [2.75, 3.05) is 54.4 Å². The average Bonchev–Trinajstić information content (AvgIpc) is 3.20. The molecule has 0 aromatic carbocycles. The predicted molar refractivity (Wildman–Crippen MR) is 103 cm³/mol. The van der Waals surface area contributed by atoms with Crippen molar-refractivity contribution in [3.8, 4) is 0 Å². The zero-order chi connectivity index (χ0) is 17.8. The fourth-order valence-corrected chi connectivity index (χ4v) is 3.53. The number of nitrogens with one attached hydrogen (secondary N) is 1. The molecular weight excluding hydrogens is 328 g/mol. The van der Waals surface area contributed by atoms with Gasteiger partial charge in [-0.25, -0.2) is 15.0 Å². The molecule has 4 rings (SSSR count). The summed E-state index contributed by atoms with van der Waals surface area (Å²) in [6.45, 7) is 7.38. The van der Waals surface area contributed by atoms with Gasteiger partial charge in [-0.15, -0.1) is 0 Å². The van der Waals surface area contributed by atoms with Crippen molar-refractivity contribution >= 4 is 17.5 Å². The van der Waals surface area contributed by atoms with Gasteiger partial charge in [0.05, 0.1) is 6.10 Å². The summed E-state index contributed by atoms with van der Waals surface area (Å²) in [6.07, 6.45) is 4.43. The quantitative estimate of drug-likeness (QED) is 0.882. The van der Waals surface area contributed by atoms with Crippen molar-refractivity contribution in [3.05, 3.63) is 36.3 Å². The standard InChI is InChI=1S/C19H26N6O/c1-15-22-17(21-14-16-5-4-12-26-16)13-19(23-15)25-10-8-24(9-11-25)18-6-2-3-7-20-18/h2-3,6-7,13,16H,4-5,8-12,14H2,1H3,(H,21,22,23). The van der Waals surface area contributed by atoms with Crippen LogP contribution in [0.1, 0.15) is 18.7 Å². The van der Waals surface area contributed by atoms with E-state index in [9.17, 15) is 0 Å². The summed E-state index contributed by atoms with van der Waals surface area (Å²) in [4.78, 5) is 18.3. The first-order valence-corrected chi connectivity index (χ1v) is 9.40. The zero-order valence-electron chi connectivity index (χ0n) is 15.3. The molecule has 26 heavy (non-hydrogen) atoms. The van der Waals surface area contributed by atoms with E-state index in [0.29, 0.717) is 6.10 Å². The number of aryl methyl sites for hydroxylation is 1. The molecular formula is C19H26N6O. The van der Waals surface area contributed by atoms with Crippen molar-refractivity contribution < 1.29 is 4.74 Å². The third-order valence-electron chi connectivity index (χ3n) is 4.94. The third kappa shape index (κ3) is 4.04. The van der Waals surface area contributed by atoms with E-state index in [4.69, 9.17) is 4.74 Å². The summed E-state index contributed by atoms with van der Waals surface area (Å²) in [6, 6.07) is 8.11. The molecule has 1 atom stereocenters. The molecule has 2 fully saturated rings. The van der Waals surface area contributed by atoms with Crippen LogP contribution >= 0.6 is 0 Å². The summed E-state index contributed by atoms with van der Waals surface area (Å²) in [5, 5.41) is 3.42. The molecule has 0 amide bonds. The third-order valence-corrected chi connectivity index (χ3v) is 4.94. The molecule has 2 aromatic heterocycles. The molecule has 1 N–H and O–H groups in total. The van der Waals surface area contributed by atoms with E-state index < -0.39 is 0 Å². The molecule has 1 unspecified atom stereocenters. The van der Waals surface area contributed by atoms with Gasteiger partial charge in [-0.3, -0.25) is 0 Å². The Morgan fingerprint density at radius 3 is 2.62 bits per heavy atom. The topological polar surface area (TPSA) is 66.4 Å². The lowest BCUT2D eigenvalue weighted by molar-refractivity contribution is 0.120. The van der Waals surface area contributed by atoms with Gasteiger partial charge in [0.15, 0.2) is 0 Å². The van der Waals surface area contributed by atoms with Gasteiger partial charge in [0.2, 0.25) is 0 Å². The normalized spacial score (nSPS) is 20.4. The average molecular weight is 354 g/mol. The Morgan fingerprint density at radius 1 is 1.12 bits per heavy atom. The van der Waals surface area contributed by atoms with E-state index in [0.717, 1.165) is 75.5 Å². The van der Waals surface area contributed by atoms with Crippen LogP contribution in [-0.2, 0) is 4.74 Å². The molecule has 0 saturated carbocycles. The predicted octanol–water partition coefficient (Wildman–Crippen LogP) is 2.10. The van der Waals surface area contributed by atoms with Gasteiger partial charge in [0, 0.05) is 51.6 Å². The lowest BCUT2D eigenvalue weighted by Gasteiger charge is -2.36. The molecule has 2 aliphatic heterocycles. The number of hydrogen-bond acceptors (Lipinski definition) is 7. The van der Waals surface area contributed by atoms with E-state index >= 15 is 0 Å². The molecule has 0 radical (unpaired) electrons. The number of aromatic nitrogens is 3. The van der Waals surface area contributed by atoms with Crippen molar-refractivity contribution in [3.63, 3.8) is 0 Å². The maximum Gasteiger partial charge on any atom is 0.134 e. The van der Waals surface area contributed by atoms with Gasteiger partial charge in [-0.1, -0.05) is 6.07 Å². The maximum atomic E-state index is 5.68. The Balaban J connectivity index is 1.38. The van der Waals surface area contributed by atoms with Crippen molar-refractivity contribution in [1.82, 2.24) is 15.0 Å². The van der Waals surface area contributed by atoms with Gasteiger partial charge in [-0.05, 0) is 31.9 Å². The zero-order valence-corrected chi connectivity index (χ0v) is 15.3. The highest BCUT2D eigenvalue weighted by Gasteiger charge is 2.20. The summed E-state index contributed by atoms with van der Waals surface area (Å²) >= 11 is 0. The minimum Gasteiger partial charge on any atom is -0.376 e. The van der Waals surface area contributed by atoms with Crippen molar-refractivity contribution in [2.45, 2.75) is 25.9 Å². The van der Waals surface area contributed by atoms with E-state index in [1.54, 1.807) is 0 Å². The molecule has 0 spiro atoms. The van der Waals surface area contributed by atoms with E-state index in [-0.39, 0.29) is 0 Å². The second-order valence-electron chi connectivity index (χ2n) is 6.84. The minimum atomic E-state index is 0.302. The van der Waals surface area contributed by atoms with Gasteiger partial charge < -0.3 is 19.9 Å². The van der Waals surface area contributed by atoms with Gasteiger partial charge in [-0.2, -0.15) is 0 Å². The monoisotopic (exact) mass is 354 g/mol. The van der Waals surface area contributed by atoms with E-state index in [1.165, 1.54) is 0 Å². The Kier molecular flexibility index (Phi) is 5.15. The lowest BCUT2D eigenvalue weighted by Crippen LogP contribution is -2.47. The Morgan fingerprint density at radius 2 is 1.92 bits per heavy atom. The molecule has 7 heteroatoms. The number of ether oxygens (including phenoxy) is 1. The van der Waals surface area contributed by atoms with E-state index in [1.807, 2.05) is 25.3 Å². The highest BCUT2D eigenvalue weighted by molar-refractivity contribution is 5.51. The van der Waals surface area contributed by atoms with Gasteiger partial charge in [0.25, 0.3) is 0 Å². The first-order valence-electron chi connectivity index (χ1n) is 9.40. The SMILES string of the molecule is Cc1nc(NCC2CCCO2)cc(N2CCN(c3ccccn3)CC2)n1. The highest BCUT2D eigenvalue weighted by atomic mass is 16.5. The Labute approximate surface area is 154 Å². The summed E-state index contributed by atoms with van der Waals surface area (Å²) in [7, 11) is 0. The van der Waals surface area contributed by atoms with Crippen LogP contribution in [0.5, 0.6) is 0 Å². The number of pyridine rings is 1. The fraction of sp³-hybridized carbons (Fsp3) is 0.526. The number of nitrogens with zero attached hydrogens (tertiary/aromatic N) is 5. The smallest absolute Gasteiger partial charge is 0.134 e. The largest absolute Gasteiger partial charge is 0.376 e. The molecule has 2 aromatic rings. The van der Waals surface area contributed by atoms with Crippen molar-refractivity contribution in [1.29, 1.82) is 0 Å². The van der Waals surface area contributed by atoms with Crippen LogP contribution in [0.25, 0.3) is 0 Å². The molecule has 2 aliphatic rings. The first kappa shape index (κ1) is 17.0.